The number of aromatic nitrogens is 2. The monoisotopic (exact) mass is 472 g/mol. The number of benzene rings is 2. The van der Waals surface area contributed by atoms with E-state index in [1.54, 1.807) is 29.0 Å². The van der Waals surface area contributed by atoms with Crippen LogP contribution >= 0.6 is 0 Å². The van der Waals surface area contributed by atoms with Gasteiger partial charge >= 0.3 is 5.97 Å². The third kappa shape index (κ3) is 4.98. The van der Waals surface area contributed by atoms with Crippen molar-refractivity contribution in [2.45, 2.75) is 45.6 Å². The highest BCUT2D eigenvalue weighted by molar-refractivity contribution is 5.85. The molecule has 4 rings (SSSR count). The zero-order valence-corrected chi connectivity index (χ0v) is 19.0. The Bertz CT molecular complexity index is 1310. The number of aliphatic carboxylic acids is 1. The highest BCUT2D eigenvalue weighted by Crippen LogP contribution is 2.37. The van der Waals surface area contributed by atoms with Gasteiger partial charge in [0.05, 0.1) is 18.6 Å². The van der Waals surface area contributed by atoms with Gasteiger partial charge in [-0.25, -0.2) is 0 Å². The molecule has 0 atom stereocenters. The molecule has 0 aliphatic heterocycles. The number of carbonyl (C=O) groups is 1. The van der Waals surface area contributed by atoms with Gasteiger partial charge in [0.2, 0.25) is 0 Å². The van der Waals surface area contributed by atoms with Crippen LogP contribution in [0.4, 0.5) is 8.78 Å². The molecule has 0 bridgehead atoms. The second kappa shape index (κ2) is 9.70. The molecular weight excluding hydrogens is 446 g/mol. The molecule has 0 radical (unpaired) electrons. The van der Waals surface area contributed by atoms with Crippen molar-refractivity contribution < 1.29 is 32.7 Å². The van der Waals surface area contributed by atoms with Crippen LogP contribution < -0.4 is 9.47 Å². The largest absolute Gasteiger partial charge is 0.493 e. The molecule has 9 heteroatoms. The molecule has 7 nitrogen and oxygen atoms in total. The first-order valence-corrected chi connectivity index (χ1v) is 11.1. The van der Waals surface area contributed by atoms with Crippen molar-refractivity contribution in [2.75, 3.05) is 13.2 Å². The Balaban J connectivity index is 1.36. The number of hydrogen-bond acceptors (Lipinski definition) is 5. The molecule has 0 fully saturated rings. The van der Waals surface area contributed by atoms with Gasteiger partial charge in [-0.15, -0.1) is 0 Å². The van der Waals surface area contributed by atoms with Crippen molar-refractivity contribution in [3.8, 4) is 11.5 Å². The lowest BCUT2D eigenvalue weighted by Crippen LogP contribution is -2.08. The molecule has 0 saturated heterocycles. The maximum Gasteiger partial charge on any atom is 0.323 e. The Morgan fingerprint density at radius 3 is 2.71 bits per heavy atom. The number of carboxylic acid groups (broad SMARTS) is 1. The van der Waals surface area contributed by atoms with Crippen molar-refractivity contribution in [1.82, 2.24) is 9.72 Å². The summed E-state index contributed by atoms with van der Waals surface area (Å²) in [6, 6.07) is 10.6. The molecule has 0 amide bonds. The molecule has 0 spiro atoms. The van der Waals surface area contributed by atoms with Gasteiger partial charge in [0.1, 0.15) is 18.0 Å². The summed E-state index contributed by atoms with van der Waals surface area (Å²) in [7, 11) is 0. The molecule has 180 valence electrons. The molecular formula is C25H26F2N2O5. The van der Waals surface area contributed by atoms with E-state index in [1.165, 1.54) is 0 Å². The summed E-state index contributed by atoms with van der Waals surface area (Å²) in [5.74, 6) is -2.71. The van der Waals surface area contributed by atoms with E-state index >= 15 is 0 Å². The summed E-state index contributed by atoms with van der Waals surface area (Å²) in [6.07, 6.45) is 3.76. The van der Waals surface area contributed by atoms with Crippen molar-refractivity contribution in [1.29, 1.82) is 0 Å². The molecule has 2 aromatic carbocycles. The second-order valence-corrected chi connectivity index (χ2v) is 8.20. The predicted octanol–water partition coefficient (Wildman–Crippen LogP) is 5.78. The number of aryl methyl sites for hydroxylation is 1. The molecule has 0 aliphatic rings. The molecule has 2 heterocycles. The van der Waals surface area contributed by atoms with Gasteiger partial charge < -0.3 is 23.7 Å². The summed E-state index contributed by atoms with van der Waals surface area (Å²) in [5.41, 5.74) is 1.54. The van der Waals surface area contributed by atoms with Gasteiger partial charge in [0, 0.05) is 36.0 Å². The molecule has 0 unspecified atom stereocenters. The van der Waals surface area contributed by atoms with E-state index in [2.05, 4.69) is 5.16 Å². The highest BCUT2D eigenvalue weighted by atomic mass is 19.3. The third-order valence-corrected chi connectivity index (χ3v) is 5.48. The average molecular weight is 472 g/mol. The molecule has 0 saturated carbocycles. The van der Waals surface area contributed by atoms with Crippen molar-refractivity contribution in [2.24, 2.45) is 0 Å². The lowest BCUT2D eigenvalue weighted by atomic mass is 10.0. The molecule has 34 heavy (non-hydrogen) atoms. The molecule has 4 aromatic rings. The summed E-state index contributed by atoms with van der Waals surface area (Å²) in [6.45, 7) is 3.50. The number of hydrogen-bond donors (Lipinski definition) is 1. The SMILES string of the molecule is CCCc1c(OCCCOc2ccc3c(ccn3CC(=O)O)c2)ccc2c(C(C)(F)F)noc12. The third-order valence-electron chi connectivity index (χ3n) is 5.48. The standard InChI is InChI=1S/C25H26F2N2O5/c1-3-5-18-21(9-7-19-23(18)34-28-24(19)25(2,26)27)33-13-4-12-32-17-6-8-20-16(14-17)10-11-29(20)15-22(30)31/h6-11,14H,3-5,12-13,15H2,1-2H3,(H,30,31). The summed E-state index contributed by atoms with van der Waals surface area (Å²) in [5, 5.41) is 13.8. The van der Waals surface area contributed by atoms with Gasteiger partial charge in [0.25, 0.3) is 5.92 Å². The summed E-state index contributed by atoms with van der Waals surface area (Å²) < 4.78 is 46.3. The molecule has 1 N–H and O–H groups in total. The zero-order chi connectivity index (χ0) is 24.3. The van der Waals surface area contributed by atoms with Crippen LogP contribution in [0.3, 0.4) is 0 Å². The van der Waals surface area contributed by atoms with Crippen molar-refractivity contribution in [3.63, 3.8) is 0 Å². The van der Waals surface area contributed by atoms with Crippen LogP contribution in [0, 0.1) is 0 Å². The Morgan fingerprint density at radius 2 is 1.97 bits per heavy atom. The number of carboxylic acids is 1. The highest BCUT2D eigenvalue weighted by Gasteiger charge is 2.32. The number of fused-ring (bicyclic) bond motifs is 2. The van der Waals surface area contributed by atoms with Crippen molar-refractivity contribution in [3.05, 3.63) is 53.9 Å². The normalized spacial score (nSPS) is 11.9. The Hall–Kier alpha value is -3.62. The fraction of sp³-hybridized carbons (Fsp3) is 0.360. The molecule has 2 aromatic heterocycles. The van der Waals surface area contributed by atoms with Crippen LogP contribution in [0.5, 0.6) is 11.5 Å². The van der Waals surface area contributed by atoms with Crippen LogP contribution in [0.1, 0.15) is 37.9 Å². The van der Waals surface area contributed by atoms with E-state index < -0.39 is 11.9 Å². The minimum absolute atomic E-state index is 0.0941. The fourth-order valence-corrected chi connectivity index (χ4v) is 3.96. The number of ether oxygens (including phenoxy) is 2. The molecule has 0 aliphatic carbocycles. The van der Waals surface area contributed by atoms with Crippen LogP contribution in [0.15, 0.2) is 47.1 Å². The Kier molecular flexibility index (Phi) is 6.72. The Labute approximate surface area is 194 Å². The number of nitrogens with zero attached hydrogens (tertiary/aromatic N) is 2. The zero-order valence-electron chi connectivity index (χ0n) is 19.0. The smallest absolute Gasteiger partial charge is 0.323 e. The maximum atomic E-state index is 13.8. The van der Waals surface area contributed by atoms with Crippen LogP contribution in [0.25, 0.3) is 21.9 Å². The predicted molar refractivity (Wildman–Crippen MR) is 123 cm³/mol. The fourth-order valence-electron chi connectivity index (χ4n) is 3.96. The van der Waals surface area contributed by atoms with Gasteiger partial charge in [-0.05, 0) is 42.8 Å². The minimum Gasteiger partial charge on any atom is -0.493 e. The van der Waals surface area contributed by atoms with Crippen LogP contribution in [-0.4, -0.2) is 34.0 Å². The average Bonchev–Trinajstić information content (AvgIpc) is 3.38. The second-order valence-electron chi connectivity index (χ2n) is 8.20. The van der Waals surface area contributed by atoms with E-state index in [1.807, 2.05) is 25.1 Å². The topological polar surface area (TPSA) is 86.7 Å². The van der Waals surface area contributed by atoms with E-state index in [4.69, 9.17) is 19.1 Å². The Morgan fingerprint density at radius 1 is 1.18 bits per heavy atom. The van der Waals surface area contributed by atoms with Gasteiger partial charge in [-0.2, -0.15) is 8.78 Å². The van der Waals surface area contributed by atoms with Crippen LogP contribution in [0.2, 0.25) is 0 Å². The van der Waals surface area contributed by atoms with Crippen molar-refractivity contribution >= 4 is 27.8 Å². The van der Waals surface area contributed by atoms with E-state index in [0.717, 1.165) is 29.8 Å². The van der Waals surface area contributed by atoms with E-state index in [-0.39, 0.29) is 12.2 Å². The number of rotatable bonds is 11. The van der Waals surface area contributed by atoms with Gasteiger partial charge in [-0.1, -0.05) is 18.5 Å². The lowest BCUT2D eigenvalue weighted by Gasteiger charge is -2.12. The first kappa shape index (κ1) is 23.5. The first-order chi connectivity index (χ1) is 16.3. The van der Waals surface area contributed by atoms with E-state index in [0.29, 0.717) is 48.5 Å². The van der Waals surface area contributed by atoms with E-state index in [9.17, 15) is 13.6 Å². The number of alkyl halides is 2. The minimum atomic E-state index is -3.09. The first-order valence-electron chi connectivity index (χ1n) is 11.1. The maximum absolute atomic E-state index is 13.8. The number of halogens is 2. The summed E-state index contributed by atoms with van der Waals surface area (Å²) in [4.78, 5) is 10.9. The lowest BCUT2D eigenvalue weighted by molar-refractivity contribution is -0.137. The quantitative estimate of drug-likeness (QED) is 0.279. The summed E-state index contributed by atoms with van der Waals surface area (Å²) >= 11 is 0. The van der Waals surface area contributed by atoms with Gasteiger partial charge in [-0.3, -0.25) is 4.79 Å². The van der Waals surface area contributed by atoms with Crippen LogP contribution in [-0.2, 0) is 23.7 Å². The van der Waals surface area contributed by atoms with Gasteiger partial charge in [0.15, 0.2) is 11.3 Å².